The van der Waals surface area contributed by atoms with E-state index in [2.05, 4.69) is 11.9 Å². The summed E-state index contributed by atoms with van der Waals surface area (Å²) in [5, 5.41) is 12.3. The Labute approximate surface area is 113 Å². The van der Waals surface area contributed by atoms with Crippen molar-refractivity contribution in [3.63, 3.8) is 0 Å². The maximum Gasteiger partial charge on any atom is 0.254 e. The van der Waals surface area contributed by atoms with Crippen LogP contribution in [0.2, 0.25) is 0 Å². The molecule has 4 nitrogen and oxygen atoms in total. The van der Waals surface area contributed by atoms with Gasteiger partial charge in [-0.3, -0.25) is 4.79 Å². The summed E-state index contributed by atoms with van der Waals surface area (Å²) in [6, 6.07) is 5.87. The van der Waals surface area contributed by atoms with Gasteiger partial charge in [0, 0.05) is 25.2 Å². The average molecular weight is 260 g/mol. The monoisotopic (exact) mass is 260 g/mol. The van der Waals surface area contributed by atoms with Gasteiger partial charge in [-0.1, -0.05) is 12.1 Å². The standard InChI is InChI=1S/C15H20N2O2/c1-2-7-17(8-9-18)15(19)13-4-3-12-5-6-16-11-14(12)10-13/h2-4,10,16,18H,1,5-9,11H2. The predicted octanol–water partition coefficient (Wildman–Crippen LogP) is 0.953. The summed E-state index contributed by atoms with van der Waals surface area (Å²) in [6.45, 7) is 6.21. The molecule has 1 aromatic carbocycles. The fraction of sp³-hybridized carbons (Fsp3) is 0.400. The largest absolute Gasteiger partial charge is 0.395 e. The molecule has 0 radical (unpaired) electrons. The Bertz CT molecular complexity index is 471. The first kappa shape index (κ1) is 13.8. The van der Waals surface area contributed by atoms with Gasteiger partial charge >= 0.3 is 0 Å². The summed E-state index contributed by atoms with van der Waals surface area (Å²) >= 11 is 0. The molecule has 1 heterocycles. The highest BCUT2D eigenvalue weighted by Gasteiger charge is 2.16. The van der Waals surface area contributed by atoms with E-state index >= 15 is 0 Å². The molecule has 1 aliphatic heterocycles. The molecule has 0 unspecified atom stereocenters. The Morgan fingerprint density at radius 1 is 1.47 bits per heavy atom. The maximum absolute atomic E-state index is 12.4. The molecule has 0 bridgehead atoms. The molecule has 0 fully saturated rings. The molecule has 1 amide bonds. The molecule has 1 aliphatic rings. The van der Waals surface area contributed by atoms with E-state index in [1.165, 1.54) is 11.1 Å². The molecule has 0 atom stereocenters. The van der Waals surface area contributed by atoms with Crippen molar-refractivity contribution in [2.24, 2.45) is 0 Å². The molecule has 102 valence electrons. The molecule has 0 aromatic heterocycles. The predicted molar refractivity (Wildman–Crippen MR) is 75.0 cm³/mol. The molecule has 0 spiro atoms. The number of nitrogens with zero attached hydrogens (tertiary/aromatic N) is 1. The van der Waals surface area contributed by atoms with E-state index in [0.717, 1.165) is 19.5 Å². The third-order valence-corrected chi connectivity index (χ3v) is 3.35. The Balaban J connectivity index is 2.19. The van der Waals surface area contributed by atoms with E-state index in [4.69, 9.17) is 5.11 Å². The molecule has 2 N–H and O–H groups in total. The van der Waals surface area contributed by atoms with Crippen LogP contribution in [0.15, 0.2) is 30.9 Å². The first-order valence-electron chi connectivity index (χ1n) is 6.60. The van der Waals surface area contributed by atoms with Crippen molar-refractivity contribution < 1.29 is 9.90 Å². The van der Waals surface area contributed by atoms with Crippen LogP contribution in [-0.2, 0) is 13.0 Å². The zero-order valence-electron chi connectivity index (χ0n) is 11.1. The zero-order valence-corrected chi connectivity index (χ0v) is 11.1. The van der Waals surface area contributed by atoms with Crippen molar-refractivity contribution in [1.29, 1.82) is 0 Å². The molecular weight excluding hydrogens is 240 g/mol. The first-order chi connectivity index (χ1) is 9.26. The Morgan fingerprint density at radius 2 is 2.32 bits per heavy atom. The summed E-state index contributed by atoms with van der Waals surface area (Å²) in [5.41, 5.74) is 3.19. The minimum atomic E-state index is -0.0534. The van der Waals surface area contributed by atoms with Gasteiger partial charge in [-0.05, 0) is 36.2 Å². The lowest BCUT2D eigenvalue weighted by Gasteiger charge is -2.22. The van der Waals surface area contributed by atoms with Crippen LogP contribution >= 0.6 is 0 Å². The van der Waals surface area contributed by atoms with Gasteiger partial charge in [0.2, 0.25) is 0 Å². The third-order valence-electron chi connectivity index (χ3n) is 3.35. The second kappa shape index (κ2) is 6.50. The number of amides is 1. The molecular formula is C15H20N2O2. The number of hydrogen-bond acceptors (Lipinski definition) is 3. The van der Waals surface area contributed by atoms with Gasteiger partial charge in [-0.2, -0.15) is 0 Å². The molecule has 0 saturated carbocycles. The van der Waals surface area contributed by atoms with Crippen LogP contribution < -0.4 is 5.32 Å². The van der Waals surface area contributed by atoms with Crippen LogP contribution in [0.3, 0.4) is 0 Å². The summed E-state index contributed by atoms with van der Waals surface area (Å²) < 4.78 is 0. The van der Waals surface area contributed by atoms with E-state index in [-0.39, 0.29) is 12.5 Å². The van der Waals surface area contributed by atoms with Gasteiger partial charge in [0.15, 0.2) is 0 Å². The fourth-order valence-corrected chi connectivity index (χ4v) is 2.35. The average Bonchev–Trinajstić information content (AvgIpc) is 2.46. The van der Waals surface area contributed by atoms with Gasteiger partial charge < -0.3 is 15.3 Å². The minimum Gasteiger partial charge on any atom is -0.395 e. The fourth-order valence-electron chi connectivity index (χ4n) is 2.35. The van der Waals surface area contributed by atoms with Gasteiger partial charge in [0.1, 0.15) is 0 Å². The van der Waals surface area contributed by atoms with Gasteiger partial charge in [-0.15, -0.1) is 6.58 Å². The van der Waals surface area contributed by atoms with Crippen molar-refractivity contribution in [3.8, 4) is 0 Å². The Kier molecular flexibility index (Phi) is 4.71. The third kappa shape index (κ3) is 3.22. The van der Waals surface area contributed by atoms with Crippen LogP contribution in [0.5, 0.6) is 0 Å². The van der Waals surface area contributed by atoms with E-state index < -0.39 is 0 Å². The normalized spacial score (nSPS) is 13.7. The number of aliphatic hydroxyl groups is 1. The molecule has 0 aliphatic carbocycles. The van der Waals surface area contributed by atoms with Crippen LogP contribution in [0.1, 0.15) is 21.5 Å². The zero-order chi connectivity index (χ0) is 13.7. The Hall–Kier alpha value is -1.65. The second-order valence-electron chi connectivity index (χ2n) is 4.67. The highest BCUT2D eigenvalue weighted by atomic mass is 16.3. The van der Waals surface area contributed by atoms with E-state index in [1.54, 1.807) is 11.0 Å². The summed E-state index contributed by atoms with van der Waals surface area (Å²) in [4.78, 5) is 14.0. The molecule has 4 heteroatoms. The first-order valence-corrected chi connectivity index (χ1v) is 6.60. The summed E-state index contributed by atoms with van der Waals surface area (Å²) in [5.74, 6) is -0.0534. The second-order valence-corrected chi connectivity index (χ2v) is 4.67. The van der Waals surface area contributed by atoms with Gasteiger partial charge in [0.05, 0.1) is 6.61 Å². The summed E-state index contributed by atoms with van der Waals surface area (Å²) in [7, 11) is 0. The maximum atomic E-state index is 12.4. The van der Waals surface area contributed by atoms with Crippen molar-refractivity contribution >= 4 is 5.91 Å². The number of aliphatic hydroxyl groups excluding tert-OH is 1. The molecule has 2 rings (SSSR count). The lowest BCUT2D eigenvalue weighted by Crippen LogP contribution is -2.34. The van der Waals surface area contributed by atoms with E-state index in [1.807, 2.05) is 18.2 Å². The van der Waals surface area contributed by atoms with E-state index in [9.17, 15) is 4.79 Å². The molecule has 19 heavy (non-hydrogen) atoms. The number of nitrogens with one attached hydrogen (secondary N) is 1. The molecule has 1 aromatic rings. The van der Waals surface area contributed by atoms with Crippen molar-refractivity contribution in [3.05, 3.63) is 47.5 Å². The number of carbonyl (C=O) groups excluding carboxylic acids is 1. The SMILES string of the molecule is C=CCN(CCO)C(=O)c1ccc2c(c1)CNCC2. The van der Waals surface area contributed by atoms with Crippen LogP contribution in [0.4, 0.5) is 0 Å². The number of hydrogen-bond donors (Lipinski definition) is 2. The van der Waals surface area contributed by atoms with Crippen molar-refractivity contribution in [1.82, 2.24) is 10.2 Å². The Morgan fingerprint density at radius 3 is 3.05 bits per heavy atom. The van der Waals surface area contributed by atoms with Crippen molar-refractivity contribution in [2.75, 3.05) is 26.2 Å². The van der Waals surface area contributed by atoms with Gasteiger partial charge in [-0.25, -0.2) is 0 Å². The van der Waals surface area contributed by atoms with E-state index in [0.29, 0.717) is 18.7 Å². The smallest absolute Gasteiger partial charge is 0.254 e. The van der Waals surface area contributed by atoms with Crippen LogP contribution in [0.25, 0.3) is 0 Å². The lowest BCUT2D eigenvalue weighted by atomic mass is 9.98. The quantitative estimate of drug-likeness (QED) is 0.775. The summed E-state index contributed by atoms with van der Waals surface area (Å²) in [6.07, 6.45) is 2.68. The molecule has 0 saturated heterocycles. The van der Waals surface area contributed by atoms with Gasteiger partial charge in [0.25, 0.3) is 5.91 Å². The number of fused-ring (bicyclic) bond motifs is 1. The highest BCUT2D eigenvalue weighted by Crippen LogP contribution is 2.17. The van der Waals surface area contributed by atoms with Crippen LogP contribution in [-0.4, -0.2) is 42.2 Å². The van der Waals surface area contributed by atoms with Crippen molar-refractivity contribution in [2.45, 2.75) is 13.0 Å². The lowest BCUT2D eigenvalue weighted by molar-refractivity contribution is 0.0742. The topological polar surface area (TPSA) is 52.6 Å². The number of carbonyl (C=O) groups is 1. The number of benzene rings is 1. The highest BCUT2D eigenvalue weighted by molar-refractivity contribution is 5.94. The minimum absolute atomic E-state index is 0.0356. The number of rotatable bonds is 5. The van der Waals surface area contributed by atoms with Crippen LogP contribution in [0, 0.1) is 0 Å².